The summed E-state index contributed by atoms with van der Waals surface area (Å²) in [5.41, 5.74) is 6.75. The second-order valence-electron chi connectivity index (χ2n) is 6.80. The van der Waals surface area contributed by atoms with Gasteiger partial charge in [0.05, 0.1) is 6.54 Å². The highest BCUT2D eigenvalue weighted by atomic mass is 15.4. The van der Waals surface area contributed by atoms with Crippen LogP contribution in [0.25, 0.3) is 5.78 Å². The van der Waals surface area contributed by atoms with E-state index >= 15 is 0 Å². The minimum absolute atomic E-state index is 0.253. The summed E-state index contributed by atoms with van der Waals surface area (Å²) in [7, 11) is 3.78. The molecule has 2 N–H and O–H groups in total. The van der Waals surface area contributed by atoms with Gasteiger partial charge in [-0.05, 0) is 6.92 Å². The molecule has 1 saturated heterocycles. The van der Waals surface area contributed by atoms with Crippen molar-refractivity contribution in [3.8, 4) is 0 Å². The minimum atomic E-state index is 0.253. The Morgan fingerprint density at radius 3 is 2.59 bits per heavy atom. The third-order valence-corrected chi connectivity index (χ3v) is 4.51. The zero-order valence-corrected chi connectivity index (χ0v) is 15.7. The molecule has 0 atom stereocenters. The van der Waals surface area contributed by atoms with Gasteiger partial charge in [0.2, 0.25) is 11.9 Å². The van der Waals surface area contributed by atoms with Crippen LogP contribution in [-0.4, -0.2) is 79.7 Å². The van der Waals surface area contributed by atoms with Gasteiger partial charge < -0.3 is 15.5 Å². The van der Waals surface area contributed by atoms with Crippen LogP contribution < -0.4 is 15.5 Å². The van der Waals surface area contributed by atoms with Crippen LogP contribution in [0.5, 0.6) is 0 Å². The molecule has 0 aromatic carbocycles. The SMILES string of the molecule is Cc1cc(N2CCN(Cc3nc(N)nc(N(C)C)n3)CC2)n2ncnc2n1. The third-order valence-electron chi connectivity index (χ3n) is 4.51. The lowest BCUT2D eigenvalue weighted by molar-refractivity contribution is 0.243. The van der Waals surface area contributed by atoms with E-state index in [1.807, 2.05) is 32.0 Å². The lowest BCUT2D eigenvalue weighted by Crippen LogP contribution is -2.46. The molecule has 3 aromatic heterocycles. The summed E-state index contributed by atoms with van der Waals surface area (Å²) >= 11 is 0. The second-order valence-corrected chi connectivity index (χ2v) is 6.80. The van der Waals surface area contributed by atoms with Crippen LogP contribution in [-0.2, 0) is 6.54 Å². The fourth-order valence-corrected chi connectivity index (χ4v) is 3.17. The summed E-state index contributed by atoms with van der Waals surface area (Å²) in [6, 6.07) is 2.05. The van der Waals surface area contributed by atoms with Gasteiger partial charge in [0.15, 0.2) is 0 Å². The van der Waals surface area contributed by atoms with Gasteiger partial charge in [0.25, 0.3) is 5.78 Å². The molecule has 0 saturated carbocycles. The monoisotopic (exact) mass is 369 g/mol. The summed E-state index contributed by atoms with van der Waals surface area (Å²) in [6.07, 6.45) is 1.54. The Kier molecular flexibility index (Phi) is 4.44. The number of anilines is 3. The van der Waals surface area contributed by atoms with E-state index in [0.717, 1.165) is 37.7 Å². The largest absolute Gasteiger partial charge is 0.368 e. The number of aromatic nitrogens is 7. The predicted octanol–water partition coefficient (Wildman–Crippen LogP) is -0.412. The molecule has 27 heavy (non-hydrogen) atoms. The van der Waals surface area contributed by atoms with Crippen LogP contribution in [0, 0.1) is 6.92 Å². The molecule has 4 heterocycles. The fourth-order valence-electron chi connectivity index (χ4n) is 3.17. The van der Waals surface area contributed by atoms with Crippen LogP contribution in [0.15, 0.2) is 12.4 Å². The number of piperazine rings is 1. The third kappa shape index (κ3) is 3.58. The van der Waals surface area contributed by atoms with Gasteiger partial charge in [-0.15, -0.1) is 0 Å². The summed E-state index contributed by atoms with van der Waals surface area (Å²) in [5, 5.41) is 4.30. The number of hydrogen-bond acceptors (Lipinski definition) is 10. The van der Waals surface area contributed by atoms with Gasteiger partial charge in [-0.25, -0.2) is 4.98 Å². The first-order valence-corrected chi connectivity index (χ1v) is 8.82. The Balaban J connectivity index is 1.46. The first-order valence-electron chi connectivity index (χ1n) is 8.82. The highest BCUT2D eigenvalue weighted by Crippen LogP contribution is 2.18. The van der Waals surface area contributed by atoms with Gasteiger partial charge in [0, 0.05) is 52.0 Å². The zero-order valence-electron chi connectivity index (χ0n) is 15.7. The number of rotatable bonds is 4. The van der Waals surface area contributed by atoms with E-state index in [1.54, 1.807) is 4.52 Å². The number of nitrogen functional groups attached to an aromatic ring is 1. The molecule has 4 rings (SSSR count). The van der Waals surface area contributed by atoms with Crippen molar-refractivity contribution < 1.29 is 0 Å². The molecule has 1 fully saturated rings. The van der Waals surface area contributed by atoms with Gasteiger partial charge >= 0.3 is 0 Å². The van der Waals surface area contributed by atoms with Crippen LogP contribution in [0.1, 0.15) is 11.5 Å². The topological polar surface area (TPSA) is 117 Å². The maximum absolute atomic E-state index is 5.82. The molecule has 3 aromatic rings. The average molecular weight is 369 g/mol. The molecule has 11 nitrogen and oxygen atoms in total. The molecule has 0 spiro atoms. The highest BCUT2D eigenvalue weighted by Gasteiger charge is 2.21. The van der Waals surface area contributed by atoms with Gasteiger partial charge in [-0.2, -0.15) is 29.5 Å². The van der Waals surface area contributed by atoms with Crippen molar-refractivity contribution in [2.24, 2.45) is 0 Å². The Morgan fingerprint density at radius 2 is 1.85 bits per heavy atom. The maximum atomic E-state index is 5.82. The molecule has 1 aliphatic rings. The quantitative estimate of drug-likeness (QED) is 0.650. The average Bonchev–Trinajstić information content (AvgIpc) is 3.09. The first-order chi connectivity index (χ1) is 13.0. The molecule has 142 valence electrons. The molecule has 0 radical (unpaired) electrons. The smallest absolute Gasteiger partial charge is 0.254 e. The Morgan fingerprint density at radius 1 is 1.07 bits per heavy atom. The zero-order chi connectivity index (χ0) is 19.0. The molecule has 11 heteroatoms. The van der Waals surface area contributed by atoms with E-state index in [9.17, 15) is 0 Å². The lowest BCUT2D eigenvalue weighted by atomic mass is 10.3. The van der Waals surface area contributed by atoms with Crippen molar-refractivity contribution in [2.75, 3.05) is 55.8 Å². The molecule has 1 aliphatic heterocycles. The van der Waals surface area contributed by atoms with E-state index in [-0.39, 0.29) is 5.95 Å². The lowest BCUT2D eigenvalue weighted by Gasteiger charge is -2.35. The number of aryl methyl sites for hydroxylation is 1. The van der Waals surface area contributed by atoms with Crippen molar-refractivity contribution in [3.63, 3.8) is 0 Å². The molecular weight excluding hydrogens is 346 g/mol. The molecule has 0 aliphatic carbocycles. The van der Waals surface area contributed by atoms with Gasteiger partial charge in [-0.3, -0.25) is 4.90 Å². The van der Waals surface area contributed by atoms with Crippen molar-refractivity contribution >= 4 is 23.5 Å². The molecule has 0 amide bonds. The maximum Gasteiger partial charge on any atom is 0.254 e. The number of hydrogen-bond donors (Lipinski definition) is 1. The van der Waals surface area contributed by atoms with Gasteiger partial charge in [-0.1, -0.05) is 0 Å². The van der Waals surface area contributed by atoms with Crippen molar-refractivity contribution in [2.45, 2.75) is 13.5 Å². The standard InChI is InChI=1S/C16H23N11/c1-11-8-13(27-15(20-11)18-10-19-27)26-6-4-25(5-7-26)9-12-21-14(17)23-16(22-12)24(2)3/h8,10H,4-7,9H2,1-3H3,(H2,17,21,22,23). The van der Waals surface area contributed by atoms with E-state index in [2.05, 4.69) is 39.8 Å². The molecule has 0 bridgehead atoms. The highest BCUT2D eigenvalue weighted by molar-refractivity contribution is 5.47. The minimum Gasteiger partial charge on any atom is -0.368 e. The first kappa shape index (κ1) is 17.3. The summed E-state index contributed by atoms with van der Waals surface area (Å²) in [4.78, 5) is 28.0. The molecular formula is C16H23N11. The van der Waals surface area contributed by atoms with Crippen LogP contribution in [0.3, 0.4) is 0 Å². The Labute approximate surface area is 156 Å². The predicted molar refractivity (Wildman–Crippen MR) is 102 cm³/mol. The van der Waals surface area contributed by atoms with Crippen LogP contribution >= 0.6 is 0 Å². The van der Waals surface area contributed by atoms with Crippen LogP contribution in [0.2, 0.25) is 0 Å². The number of nitrogens with two attached hydrogens (primary N) is 1. The molecule has 0 unspecified atom stereocenters. The Bertz CT molecular complexity index is 943. The van der Waals surface area contributed by atoms with E-state index < -0.39 is 0 Å². The van der Waals surface area contributed by atoms with E-state index in [4.69, 9.17) is 5.73 Å². The fraction of sp³-hybridized carbons (Fsp3) is 0.500. The van der Waals surface area contributed by atoms with E-state index in [0.29, 0.717) is 24.1 Å². The number of fused-ring (bicyclic) bond motifs is 1. The van der Waals surface area contributed by atoms with Crippen molar-refractivity contribution in [3.05, 3.63) is 23.9 Å². The van der Waals surface area contributed by atoms with Gasteiger partial charge in [0.1, 0.15) is 18.0 Å². The van der Waals surface area contributed by atoms with E-state index in [1.165, 1.54) is 6.33 Å². The second kappa shape index (κ2) is 6.91. The van der Waals surface area contributed by atoms with Crippen molar-refractivity contribution in [1.29, 1.82) is 0 Å². The summed E-state index contributed by atoms with van der Waals surface area (Å²) in [5.74, 6) is 3.18. The van der Waals surface area contributed by atoms with Crippen molar-refractivity contribution in [1.82, 2.24) is 39.4 Å². The normalized spacial score (nSPS) is 15.4. The summed E-state index contributed by atoms with van der Waals surface area (Å²) in [6.45, 7) is 6.15. The Hall–Kier alpha value is -3.08. The van der Waals surface area contributed by atoms with Crippen LogP contribution in [0.4, 0.5) is 17.7 Å². The number of nitrogens with zero attached hydrogens (tertiary/aromatic N) is 10. The summed E-state index contributed by atoms with van der Waals surface area (Å²) < 4.78 is 1.79.